The highest BCUT2D eigenvalue weighted by molar-refractivity contribution is 5.55. The van der Waals surface area contributed by atoms with Gasteiger partial charge in [0.05, 0.1) is 11.7 Å². The Morgan fingerprint density at radius 2 is 2.12 bits per heavy atom. The molecule has 0 aliphatic carbocycles. The van der Waals surface area contributed by atoms with Gasteiger partial charge in [0.1, 0.15) is 0 Å². The molecule has 2 atom stereocenters. The zero-order valence-electron chi connectivity index (χ0n) is 10.6. The third-order valence-corrected chi connectivity index (χ3v) is 3.47. The number of benzene rings is 1. The van der Waals surface area contributed by atoms with Gasteiger partial charge < -0.3 is 15.1 Å². The van der Waals surface area contributed by atoms with Gasteiger partial charge in [-0.1, -0.05) is 25.1 Å². The van der Waals surface area contributed by atoms with E-state index in [9.17, 15) is 10.2 Å². The van der Waals surface area contributed by atoms with Crippen LogP contribution in [0.1, 0.15) is 38.4 Å². The molecule has 0 radical (unpaired) electrons. The summed E-state index contributed by atoms with van der Waals surface area (Å²) in [4.78, 5) is 2.16. The second kappa shape index (κ2) is 4.67. The number of aliphatic hydroxyl groups excluding tert-OH is 1. The molecular weight excluding hydrogens is 214 g/mol. The first-order valence-electron chi connectivity index (χ1n) is 6.28. The highest BCUT2D eigenvalue weighted by Gasteiger charge is 2.32. The van der Waals surface area contributed by atoms with Gasteiger partial charge in [0, 0.05) is 24.3 Å². The number of nitrogens with zero attached hydrogens (tertiary/aromatic N) is 1. The van der Waals surface area contributed by atoms with Gasteiger partial charge in [-0.3, -0.25) is 0 Å². The third kappa shape index (κ3) is 2.61. The maximum absolute atomic E-state index is 10.0. The molecule has 0 amide bonds. The molecule has 17 heavy (non-hydrogen) atoms. The van der Waals surface area contributed by atoms with E-state index in [1.807, 2.05) is 38.1 Å². The molecule has 0 saturated carbocycles. The second-order valence-corrected chi connectivity index (χ2v) is 5.15. The molecule has 3 heteroatoms. The average molecular weight is 235 g/mol. The van der Waals surface area contributed by atoms with Gasteiger partial charge in [0.25, 0.3) is 0 Å². The normalized spacial score (nSPS) is 26.2. The smallest absolute Gasteiger partial charge is 0.0810 e. The van der Waals surface area contributed by atoms with E-state index >= 15 is 0 Å². The minimum atomic E-state index is -0.607. The molecule has 3 nitrogen and oxygen atoms in total. The lowest BCUT2D eigenvalue weighted by Crippen LogP contribution is -2.30. The van der Waals surface area contributed by atoms with Crippen LogP contribution in [-0.2, 0) is 0 Å². The fourth-order valence-corrected chi connectivity index (χ4v) is 2.43. The maximum atomic E-state index is 10.0. The minimum absolute atomic E-state index is 0.420. The quantitative estimate of drug-likeness (QED) is 0.843. The Kier molecular flexibility index (Phi) is 3.40. The summed E-state index contributed by atoms with van der Waals surface area (Å²) in [5.41, 5.74) is 1.41. The lowest BCUT2D eigenvalue weighted by Gasteiger charge is -2.25. The summed E-state index contributed by atoms with van der Waals surface area (Å²) in [7, 11) is 0. The summed E-state index contributed by atoms with van der Waals surface area (Å²) in [5, 5.41) is 20.0. The maximum Gasteiger partial charge on any atom is 0.0810 e. The fraction of sp³-hybridized carbons (Fsp3) is 0.571. The SMILES string of the molecule is CC[C@@H](O)c1ccccc1N1CCC(C)(O)C1. The van der Waals surface area contributed by atoms with Crippen molar-refractivity contribution in [1.82, 2.24) is 0 Å². The molecule has 2 rings (SSSR count). The fourth-order valence-electron chi connectivity index (χ4n) is 2.43. The Labute approximate surface area is 103 Å². The second-order valence-electron chi connectivity index (χ2n) is 5.15. The number of β-amino-alcohol motifs (C(OH)–C–C–N with tert-alkyl or cyclic N) is 1. The first-order chi connectivity index (χ1) is 8.03. The van der Waals surface area contributed by atoms with Crippen LogP contribution in [-0.4, -0.2) is 28.9 Å². The molecule has 1 aromatic rings. The topological polar surface area (TPSA) is 43.7 Å². The predicted molar refractivity (Wildman–Crippen MR) is 69.1 cm³/mol. The molecule has 1 aliphatic heterocycles. The Hall–Kier alpha value is -1.06. The van der Waals surface area contributed by atoms with Crippen molar-refractivity contribution in [2.75, 3.05) is 18.0 Å². The van der Waals surface area contributed by atoms with Crippen LogP contribution in [0.25, 0.3) is 0 Å². The van der Waals surface area contributed by atoms with E-state index in [0.29, 0.717) is 13.0 Å². The Morgan fingerprint density at radius 3 is 2.71 bits per heavy atom. The molecule has 0 bridgehead atoms. The Bertz CT molecular complexity index is 390. The molecule has 94 valence electrons. The number of hydrogen-bond acceptors (Lipinski definition) is 3. The highest BCUT2D eigenvalue weighted by atomic mass is 16.3. The van der Waals surface area contributed by atoms with Gasteiger partial charge in [-0.2, -0.15) is 0 Å². The summed E-state index contributed by atoms with van der Waals surface area (Å²) < 4.78 is 0. The van der Waals surface area contributed by atoms with E-state index in [4.69, 9.17) is 0 Å². The van der Waals surface area contributed by atoms with Gasteiger partial charge in [-0.25, -0.2) is 0 Å². The summed E-state index contributed by atoms with van der Waals surface area (Å²) in [5.74, 6) is 0. The molecule has 1 unspecified atom stereocenters. The molecule has 1 fully saturated rings. The van der Waals surface area contributed by atoms with Crippen LogP contribution in [0, 0.1) is 0 Å². The number of aliphatic hydroxyl groups is 2. The van der Waals surface area contributed by atoms with Crippen molar-refractivity contribution < 1.29 is 10.2 Å². The molecule has 0 spiro atoms. The first kappa shape index (κ1) is 12.4. The molecule has 1 aliphatic rings. The van der Waals surface area contributed by atoms with Gasteiger partial charge in [-0.05, 0) is 25.8 Å². The minimum Gasteiger partial charge on any atom is -0.388 e. The van der Waals surface area contributed by atoms with Gasteiger partial charge in [0.2, 0.25) is 0 Å². The standard InChI is InChI=1S/C14H21NO2/c1-3-13(16)11-6-4-5-7-12(11)15-9-8-14(2,17)10-15/h4-7,13,16-17H,3,8-10H2,1-2H3/t13-,14?/m1/s1. The van der Waals surface area contributed by atoms with Crippen molar-refractivity contribution >= 4 is 5.69 Å². The number of para-hydroxylation sites is 1. The van der Waals surface area contributed by atoms with Crippen molar-refractivity contribution in [3.8, 4) is 0 Å². The van der Waals surface area contributed by atoms with E-state index < -0.39 is 11.7 Å². The van der Waals surface area contributed by atoms with Crippen LogP contribution in [0.15, 0.2) is 24.3 Å². The number of anilines is 1. The average Bonchev–Trinajstić information content (AvgIpc) is 2.68. The van der Waals surface area contributed by atoms with E-state index in [-0.39, 0.29) is 0 Å². The third-order valence-electron chi connectivity index (χ3n) is 3.47. The molecular formula is C14H21NO2. The summed E-state index contributed by atoms with van der Waals surface area (Å²) in [6.07, 6.45) is 1.07. The van der Waals surface area contributed by atoms with Crippen molar-refractivity contribution in [2.45, 2.75) is 38.4 Å². The largest absolute Gasteiger partial charge is 0.388 e. The van der Waals surface area contributed by atoms with E-state index in [1.54, 1.807) is 0 Å². The van der Waals surface area contributed by atoms with Crippen LogP contribution in [0.4, 0.5) is 5.69 Å². The van der Waals surface area contributed by atoms with E-state index in [1.165, 1.54) is 0 Å². The molecule has 1 saturated heterocycles. The van der Waals surface area contributed by atoms with Gasteiger partial charge >= 0.3 is 0 Å². The molecule has 1 aromatic carbocycles. The van der Waals surface area contributed by atoms with Crippen LogP contribution in [0.3, 0.4) is 0 Å². The lowest BCUT2D eigenvalue weighted by molar-refractivity contribution is 0.0838. The summed E-state index contributed by atoms with van der Waals surface area (Å²) >= 11 is 0. The van der Waals surface area contributed by atoms with Crippen molar-refractivity contribution in [3.63, 3.8) is 0 Å². The van der Waals surface area contributed by atoms with Crippen LogP contribution < -0.4 is 4.90 Å². The first-order valence-corrected chi connectivity index (χ1v) is 6.28. The lowest BCUT2D eigenvalue weighted by atomic mass is 10.0. The Morgan fingerprint density at radius 1 is 1.41 bits per heavy atom. The van der Waals surface area contributed by atoms with Crippen LogP contribution in [0.5, 0.6) is 0 Å². The Balaban J connectivity index is 2.27. The summed E-state index contributed by atoms with van der Waals surface area (Å²) in [6.45, 7) is 5.33. The van der Waals surface area contributed by atoms with Crippen LogP contribution >= 0.6 is 0 Å². The molecule has 2 N–H and O–H groups in total. The monoisotopic (exact) mass is 235 g/mol. The van der Waals surface area contributed by atoms with Gasteiger partial charge in [-0.15, -0.1) is 0 Å². The summed E-state index contributed by atoms with van der Waals surface area (Å²) in [6, 6.07) is 7.92. The zero-order chi connectivity index (χ0) is 12.5. The van der Waals surface area contributed by atoms with E-state index in [2.05, 4.69) is 4.90 Å². The zero-order valence-corrected chi connectivity index (χ0v) is 10.6. The molecule has 0 aromatic heterocycles. The number of rotatable bonds is 3. The number of hydrogen-bond donors (Lipinski definition) is 2. The van der Waals surface area contributed by atoms with E-state index in [0.717, 1.165) is 24.2 Å². The van der Waals surface area contributed by atoms with Crippen molar-refractivity contribution in [3.05, 3.63) is 29.8 Å². The van der Waals surface area contributed by atoms with Crippen molar-refractivity contribution in [1.29, 1.82) is 0 Å². The highest BCUT2D eigenvalue weighted by Crippen LogP contribution is 2.32. The van der Waals surface area contributed by atoms with Crippen LogP contribution in [0.2, 0.25) is 0 Å². The molecule has 1 heterocycles. The predicted octanol–water partition coefficient (Wildman–Crippen LogP) is 2.09. The van der Waals surface area contributed by atoms with Gasteiger partial charge in [0.15, 0.2) is 0 Å². The van der Waals surface area contributed by atoms with Crippen molar-refractivity contribution in [2.24, 2.45) is 0 Å².